The number of hydrogen-bond donors (Lipinski definition) is 0. The molecule has 1 fully saturated rings. The molecule has 0 saturated carbocycles. The van der Waals surface area contributed by atoms with Crippen molar-refractivity contribution in [2.24, 2.45) is 0 Å². The lowest BCUT2D eigenvalue weighted by molar-refractivity contribution is -0.104. The zero-order chi connectivity index (χ0) is 12.0. The summed E-state index contributed by atoms with van der Waals surface area (Å²) in [5.41, 5.74) is 1.35. The van der Waals surface area contributed by atoms with Crippen molar-refractivity contribution in [1.82, 2.24) is 4.90 Å². The summed E-state index contributed by atoms with van der Waals surface area (Å²) in [6.45, 7) is 8.64. The van der Waals surface area contributed by atoms with Gasteiger partial charge in [-0.05, 0) is 13.3 Å². The van der Waals surface area contributed by atoms with E-state index in [0.717, 1.165) is 13.0 Å². The van der Waals surface area contributed by atoms with E-state index < -0.39 is 0 Å². The Bertz CT molecular complexity index is 259. The van der Waals surface area contributed by atoms with E-state index in [9.17, 15) is 4.79 Å². The highest BCUT2D eigenvalue weighted by atomic mass is 16.6. The van der Waals surface area contributed by atoms with Gasteiger partial charge in [-0.15, -0.1) is 0 Å². The predicted molar refractivity (Wildman–Crippen MR) is 62.4 cm³/mol. The second kappa shape index (κ2) is 6.53. The standard InChI is InChI=1S/C10H15NO3.C2H6/c1-8-2-4-11(5-3-8)10(12)14-9-6-13-7-9;1-2/h2,9H,3-7H2,1H3;1-2H3. The summed E-state index contributed by atoms with van der Waals surface area (Å²) in [5.74, 6) is 0. The fourth-order valence-electron chi connectivity index (χ4n) is 1.44. The average molecular weight is 227 g/mol. The lowest BCUT2D eigenvalue weighted by Gasteiger charge is -2.30. The van der Waals surface area contributed by atoms with E-state index in [1.54, 1.807) is 4.90 Å². The molecule has 0 radical (unpaired) electrons. The van der Waals surface area contributed by atoms with Crippen LogP contribution in [0.5, 0.6) is 0 Å². The molecule has 2 aliphatic rings. The molecule has 4 heteroatoms. The minimum Gasteiger partial charge on any atom is -0.441 e. The summed E-state index contributed by atoms with van der Waals surface area (Å²) in [6.07, 6.45) is 2.80. The van der Waals surface area contributed by atoms with Crippen LogP contribution in [0.2, 0.25) is 0 Å². The van der Waals surface area contributed by atoms with Crippen molar-refractivity contribution in [3.63, 3.8) is 0 Å². The molecule has 0 unspecified atom stereocenters. The molecule has 0 bridgehead atoms. The number of hydrogen-bond acceptors (Lipinski definition) is 3. The molecule has 4 nitrogen and oxygen atoms in total. The first-order valence-electron chi connectivity index (χ1n) is 5.94. The van der Waals surface area contributed by atoms with Crippen LogP contribution in [-0.4, -0.2) is 43.4 Å². The molecule has 2 heterocycles. The minimum atomic E-state index is -0.206. The molecule has 0 aromatic carbocycles. The molecule has 1 amide bonds. The Balaban J connectivity index is 0.000000606. The molecule has 1 saturated heterocycles. The molecule has 2 aliphatic heterocycles. The van der Waals surface area contributed by atoms with Crippen molar-refractivity contribution < 1.29 is 14.3 Å². The number of ether oxygens (including phenoxy) is 2. The largest absolute Gasteiger partial charge is 0.441 e. The summed E-state index contributed by atoms with van der Waals surface area (Å²) in [5, 5.41) is 0. The normalized spacial score (nSPS) is 20.2. The molecule has 0 N–H and O–H groups in total. The van der Waals surface area contributed by atoms with Gasteiger partial charge in [0.05, 0.1) is 13.2 Å². The van der Waals surface area contributed by atoms with Crippen LogP contribution in [0.1, 0.15) is 27.2 Å². The van der Waals surface area contributed by atoms with Gasteiger partial charge in [0.1, 0.15) is 0 Å². The van der Waals surface area contributed by atoms with Crippen LogP contribution in [0.15, 0.2) is 11.6 Å². The number of nitrogens with zero attached hydrogens (tertiary/aromatic N) is 1. The van der Waals surface area contributed by atoms with Crippen LogP contribution in [0, 0.1) is 0 Å². The fraction of sp³-hybridized carbons (Fsp3) is 0.750. The van der Waals surface area contributed by atoms with Gasteiger partial charge in [0, 0.05) is 13.1 Å². The van der Waals surface area contributed by atoms with Crippen LogP contribution < -0.4 is 0 Å². The minimum absolute atomic E-state index is 0.0190. The van der Waals surface area contributed by atoms with Gasteiger partial charge < -0.3 is 14.4 Å². The van der Waals surface area contributed by atoms with Crippen LogP contribution in [0.4, 0.5) is 4.79 Å². The molecule has 16 heavy (non-hydrogen) atoms. The Kier molecular flexibility index (Phi) is 5.32. The maximum Gasteiger partial charge on any atom is 0.410 e. The lowest BCUT2D eigenvalue weighted by Crippen LogP contribution is -2.43. The van der Waals surface area contributed by atoms with Gasteiger partial charge in [0.15, 0.2) is 6.10 Å². The van der Waals surface area contributed by atoms with Crippen molar-refractivity contribution >= 4 is 6.09 Å². The lowest BCUT2D eigenvalue weighted by atomic mass is 10.1. The summed E-state index contributed by atoms with van der Waals surface area (Å²) in [6, 6.07) is 0. The van der Waals surface area contributed by atoms with Gasteiger partial charge in [-0.25, -0.2) is 4.79 Å². The molecular formula is C12H21NO3. The molecule has 0 spiro atoms. The van der Waals surface area contributed by atoms with E-state index in [1.807, 2.05) is 13.8 Å². The van der Waals surface area contributed by atoms with Crippen LogP contribution in [0.25, 0.3) is 0 Å². The molecule has 0 aliphatic carbocycles. The van der Waals surface area contributed by atoms with Crippen molar-refractivity contribution in [3.05, 3.63) is 11.6 Å². The SMILES string of the molecule is CC.CC1=CCN(C(=O)OC2COC2)CC1. The summed E-state index contributed by atoms with van der Waals surface area (Å²) < 4.78 is 10.1. The number of carbonyl (C=O) groups excluding carboxylic acids is 1. The van der Waals surface area contributed by atoms with E-state index in [-0.39, 0.29) is 12.2 Å². The number of carbonyl (C=O) groups is 1. The van der Waals surface area contributed by atoms with E-state index in [1.165, 1.54) is 5.57 Å². The quantitative estimate of drug-likeness (QED) is 0.645. The van der Waals surface area contributed by atoms with Gasteiger partial charge in [-0.1, -0.05) is 25.5 Å². The van der Waals surface area contributed by atoms with E-state index in [4.69, 9.17) is 9.47 Å². The molecular weight excluding hydrogens is 206 g/mol. The number of rotatable bonds is 1. The highest BCUT2D eigenvalue weighted by Crippen LogP contribution is 2.13. The molecule has 92 valence electrons. The summed E-state index contributed by atoms with van der Waals surface area (Å²) >= 11 is 0. The van der Waals surface area contributed by atoms with Gasteiger partial charge in [-0.2, -0.15) is 0 Å². The average Bonchev–Trinajstić information content (AvgIpc) is 2.27. The Hall–Kier alpha value is -1.03. The molecule has 0 atom stereocenters. The molecule has 0 aromatic rings. The summed E-state index contributed by atoms with van der Waals surface area (Å²) in [7, 11) is 0. The van der Waals surface area contributed by atoms with Gasteiger partial charge >= 0.3 is 6.09 Å². The molecule has 2 rings (SSSR count). The Morgan fingerprint density at radius 1 is 1.50 bits per heavy atom. The highest BCUT2D eigenvalue weighted by molar-refractivity contribution is 5.68. The third-order valence-corrected chi connectivity index (χ3v) is 2.57. The second-order valence-corrected chi connectivity index (χ2v) is 3.79. The monoisotopic (exact) mass is 227 g/mol. The smallest absolute Gasteiger partial charge is 0.410 e. The predicted octanol–water partition coefficient (Wildman–Crippen LogP) is 2.20. The first-order chi connectivity index (χ1) is 7.75. The van der Waals surface area contributed by atoms with Crippen molar-refractivity contribution in [2.75, 3.05) is 26.3 Å². The fourth-order valence-corrected chi connectivity index (χ4v) is 1.44. The van der Waals surface area contributed by atoms with Gasteiger partial charge in [0.25, 0.3) is 0 Å². The maximum absolute atomic E-state index is 11.5. The Morgan fingerprint density at radius 2 is 2.19 bits per heavy atom. The summed E-state index contributed by atoms with van der Waals surface area (Å²) in [4.78, 5) is 13.3. The first kappa shape index (κ1) is 13.0. The zero-order valence-electron chi connectivity index (χ0n) is 10.4. The van der Waals surface area contributed by atoms with E-state index in [2.05, 4.69) is 13.0 Å². The third-order valence-electron chi connectivity index (χ3n) is 2.57. The van der Waals surface area contributed by atoms with Gasteiger partial charge in [-0.3, -0.25) is 0 Å². The number of amides is 1. The van der Waals surface area contributed by atoms with Crippen molar-refractivity contribution in [3.8, 4) is 0 Å². The van der Waals surface area contributed by atoms with Crippen LogP contribution in [-0.2, 0) is 9.47 Å². The van der Waals surface area contributed by atoms with Crippen LogP contribution >= 0.6 is 0 Å². The molecule has 0 aromatic heterocycles. The topological polar surface area (TPSA) is 38.8 Å². The Labute approximate surface area is 97.2 Å². The third kappa shape index (κ3) is 3.52. The van der Waals surface area contributed by atoms with E-state index in [0.29, 0.717) is 19.8 Å². The van der Waals surface area contributed by atoms with Crippen molar-refractivity contribution in [1.29, 1.82) is 0 Å². The zero-order valence-corrected chi connectivity index (χ0v) is 10.4. The first-order valence-corrected chi connectivity index (χ1v) is 5.94. The maximum atomic E-state index is 11.5. The van der Waals surface area contributed by atoms with Gasteiger partial charge in [0.2, 0.25) is 0 Å². The Morgan fingerprint density at radius 3 is 2.62 bits per heavy atom. The van der Waals surface area contributed by atoms with Crippen LogP contribution in [0.3, 0.4) is 0 Å². The highest BCUT2D eigenvalue weighted by Gasteiger charge is 2.26. The second-order valence-electron chi connectivity index (χ2n) is 3.79. The van der Waals surface area contributed by atoms with E-state index >= 15 is 0 Å². The van der Waals surface area contributed by atoms with Crippen molar-refractivity contribution in [2.45, 2.75) is 33.3 Å².